The summed E-state index contributed by atoms with van der Waals surface area (Å²) >= 11 is 0. The number of carbonyl (C=O) groups is 1. The number of carbonyl (C=O) groups excluding carboxylic acids is 1. The van der Waals surface area contributed by atoms with Crippen LogP contribution in [0.5, 0.6) is 0 Å². The predicted molar refractivity (Wildman–Crippen MR) is 114 cm³/mol. The summed E-state index contributed by atoms with van der Waals surface area (Å²) < 4.78 is 1.67. The zero-order valence-corrected chi connectivity index (χ0v) is 17.1. The van der Waals surface area contributed by atoms with Crippen molar-refractivity contribution in [3.05, 3.63) is 59.2 Å². The van der Waals surface area contributed by atoms with E-state index in [9.17, 15) is 4.79 Å². The Bertz CT molecular complexity index is 1130. The summed E-state index contributed by atoms with van der Waals surface area (Å²) in [7, 11) is 0. The van der Waals surface area contributed by atoms with E-state index in [4.69, 9.17) is 5.73 Å². The summed E-state index contributed by atoms with van der Waals surface area (Å²) in [4.78, 5) is 24.0. The van der Waals surface area contributed by atoms with E-state index in [2.05, 4.69) is 42.6 Å². The topological polar surface area (TPSA) is 115 Å². The van der Waals surface area contributed by atoms with Gasteiger partial charge in [0.05, 0.1) is 18.8 Å². The molecule has 3 aromatic rings. The van der Waals surface area contributed by atoms with Gasteiger partial charge in [0.1, 0.15) is 11.6 Å². The van der Waals surface area contributed by atoms with Crippen molar-refractivity contribution in [3.8, 4) is 0 Å². The van der Waals surface area contributed by atoms with Gasteiger partial charge < -0.3 is 16.0 Å². The van der Waals surface area contributed by atoms with E-state index in [0.29, 0.717) is 18.1 Å². The average Bonchev–Trinajstić information content (AvgIpc) is 3.14. The Morgan fingerprint density at radius 2 is 2.06 bits per heavy atom. The van der Waals surface area contributed by atoms with Gasteiger partial charge >= 0.3 is 0 Å². The lowest BCUT2D eigenvalue weighted by Crippen LogP contribution is -2.27. The summed E-state index contributed by atoms with van der Waals surface area (Å²) in [6.45, 7) is 2.79. The molecule has 0 radical (unpaired) electrons. The maximum Gasteiger partial charge on any atom is 0.273 e. The Kier molecular flexibility index (Phi) is 4.15. The molecule has 2 aliphatic carbocycles. The SMILES string of the molecule is Nc1ccc2c(n1)CC[C@H]2NC(=O)c1cn(Cc2ccc(N3CC4CC4C3)nc2)nn1. The van der Waals surface area contributed by atoms with Crippen LogP contribution in [0.2, 0.25) is 0 Å². The molecule has 9 nitrogen and oxygen atoms in total. The van der Waals surface area contributed by atoms with E-state index in [0.717, 1.165) is 60.4 Å². The van der Waals surface area contributed by atoms with Crippen LogP contribution in [0.4, 0.5) is 11.6 Å². The standard InChI is InChI=1S/C22H24N8O/c23-20-5-2-16-17(25-20)3-4-18(16)26-22(31)19-12-30(28-27-19)9-13-1-6-21(24-8-13)29-10-14-7-15(14)11-29/h1-2,5-6,8,12,14-15,18H,3-4,7,9-11H2,(H2,23,25)(H,26,31)/t14?,15?,18-/m1/s1. The molecule has 4 heterocycles. The van der Waals surface area contributed by atoms with Crippen molar-refractivity contribution in [2.75, 3.05) is 23.7 Å². The van der Waals surface area contributed by atoms with Crippen LogP contribution in [0.15, 0.2) is 36.7 Å². The largest absolute Gasteiger partial charge is 0.384 e. The third kappa shape index (κ3) is 3.49. The molecular formula is C22H24N8O. The normalized spacial score (nSPS) is 23.5. The third-order valence-electron chi connectivity index (χ3n) is 6.61. The Hall–Kier alpha value is -3.49. The van der Waals surface area contributed by atoms with Gasteiger partial charge in [-0.3, -0.25) is 4.79 Å². The van der Waals surface area contributed by atoms with E-state index in [-0.39, 0.29) is 11.9 Å². The Morgan fingerprint density at radius 3 is 2.87 bits per heavy atom. The van der Waals surface area contributed by atoms with Gasteiger partial charge in [0, 0.05) is 25.0 Å². The number of hydrogen-bond donors (Lipinski definition) is 2. The van der Waals surface area contributed by atoms with Gasteiger partial charge in [0.25, 0.3) is 5.91 Å². The lowest BCUT2D eigenvalue weighted by molar-refractivity contribution is 0.0931. The zero-order valence-electron chi connectivity index (χ0n) is 17.1. The highest BCUT2D eigenvalue weighted by Crippen LogP contribution is 2.45. The Balaban J connectivity index is 1.09. The number of rotatable bonds is 5. The lowest BCUT2D eigenvalue weighted by Gasteiger charge is -2.18. The second kappa shape index (κ2) is 7.04. The van der Waals surface area contributed by atoms with Crippen molar-refractivity contribution in [2.45, 2.75) is 31.8 Å². The molecule has 3 atom stereocenters. The summed E-state index contributed by atoms with van der Waals surface area (Å²) in [5, 5.41) is 11.2. The van der Waals surface area contributed by atoms with Gasteiger partial charge in [-0.2, -0.15) is 0 Å². The highest BCUT2D eigenvalue weighted by Gasteiger charge is 2.45. The van der Waals surface area contributed by atoms with Gasteiger partial charge in [-0.05, 0) is 54.4 Å². The highest BCUT2D eigenvalue weighted by atomic mass is 16.2. The minimum absolute atomic E-state index is 0.0749. The molecule has 0 aromatic carbocycles. The molecule has 31 heavy (non-hydrogen) atoms. The molecule has 9 heteroatoms. The maximum atomic E-state index is 12.7. The molecule has 2 unspecified atom stereocenters. The van der Waals surface area contributed by atoms with E-state index in [1.807, 2.05) is 12.3 Å². The number of nitrogens with zero attached hydrogens (tertiary/aromatic N) is 6. The molecule has 1 amide bonds. The number of amides is 1. The van der Waals surface area contributed by atoms with Crippen molar-refractivity contribution in [1.82, 2.24) is 30.3 Å². The number of piperidine rings is 1. The van der Waals surface area contributed by atoms with Gasteiger partial charge in [0.15, 0.2) is 5.69 Å². The molecule has 1 saturated carbocycles. The molecule has 1 saturated heterocycles. The summed E-state index contributed by atoms with van der Waals surface area (Å²) in [5.41, 5.74) is 9.06. The molecule has 0 bridgehead atoms. The predicted octanol–water partition coefficient (Wildman–Crippen LogP) is 1.57. The van der Waals surface area contributed by atoms with Crippen LogP contribution in [0.25, 0.3) is 0 Å². The summed E-state index contributed by atoms with van der Waals surface area (Å²) in [6, 6.07) is 7.78. The van der Waals surface area contributed by atoms with Crippen LogP contribution in [0.3, 0.4) is 0 Å². The molecule has 6 rings (SSSR count). The van der Waals surface area contributed by atoms with Crippen molar-refractivity contribution in [1.29, 1.82) is 0 Å². The molecular weight excluding hydrogens is 392 g/mol. The first-order valence-corrected chi connectivity index (χ1v) is 10.8. The van der Waals surface area contributed by atoms with Crippen LogP contribution < -0.4 is 16.0 Å². The fraction of sp³-hybridized carbons (Fsp3) is 0.409. The number of fused-ring (bicyclic) bond motifs is 2. The monoisotopic (exact) mass is 416 g/mol. The number of nitrogens with two attached hydrogens (primary N) is 1. The fourth-order valence-electron chi connectivity index (χ4n) is 4.81. The van der Waals surface area contributed by atoms with Crippen LogP contribution in [0, 0.1) is 11.8 Å². The molecule has 1 aliphatic heterocycles. The second-order valence-corrected chi connectivity index (χ2v) is 8.82. The number of aryl methyl sites for hydroxylation is 1. The van der Waals surface area contributed by atoms with Gasteiger partial charge in [-0.1, -0.05) is 17.3 Å². The highest BCUT2D eigenvalue weighted by molar-refractivity contribution is 5.92. The van der Waals surface area contributed by atoms with Crippen molar-refractivity contribution in [2.24, 2.45) is 11.8 Å². The number of hydrogen-bond acceptors (Lipinski definition) is 7. The maximum absolute atomic E-state index is 12.7. The lowest BCUT2D eigenvalue weighted by atomic mass is 10.1. The summed E-state index contributed by atoms with van der Waals surface area (Å²) in [6.07, 6.45) is 6.56. The van der Waals surface area contributed by atoms with E-state index in [1.165, 1.54) is 6.42 Å². The first kappa shape index (κ1) is 18.3. The first-order chi connectivity index (χ1) is 15.1. The quantitative estimate of drug-likeness (QED) is 0.649. The van der Waals surface area contributed by atoms with Crippen LogP contribution in [-0.2, 0) is 13.0 Å². The second-order valence-electron chi connectivity index (χ2n) is 8.82. The van der Waals surface area contributed by atoms with Crippen LogP contribution in [0.1, 0.15) is 46.2 Å². The summed E-state index contributed by atoms with van der Waals surface area (Å²) in [5.74, 6) is 3.08. The smallest absolute Gasteiger partial charge is 0.273 e. The van der Waals surface area contributed by atoms with Crippen LogP contribution in [-0.4, -0.2) is 44.0 Å². The molecule has 158 valence electrons. The Labute approximate surface area is 179 Å². The van der Waals surface area contributed by atoms with E-state index in [1.54, 1.807) is 16.9 Å². The van der Waals surface area contributed by atoms with Gasteiger partial charge in [-0.15, -0.1) is 5.10 Å². The third-order valence-corrected chi connectivity index (χ3v) is 6.61. The van der Waals surface area contributed by atoms with E-state index < -0.39 is 0 Å². The average molecular weight is 416 g/mol. The number of anilines is 2. The molecule has 2 fully saturated rings. The zero-order chi connectivity index (χ0) is 20.9. The Morgan fingerprint density at radius 1 is 1.19 bits per heavy atom. The van der Waals surface area contributed by atoms with Crippen LogP contribution >= 0.6 is 0 Å². The van der Waals surface area contributed by atoms with E-state index >= 15 is 0 Å². The number of nitrogens with one attached hydrogen (secondary N) is 1. The molecule has 3 aliphatic rings. The first-order valence-electron chi connectivity index (χ1n) is 10.8. The minimum Gasteiger partial charge on any atom is -0.384 e. The van der Waals surface area contributed by atoms with Gasteiger partial charge in [-0.25, -0.2) is 14.6 Å². The minimum atomic E-state index is -0.234. The number of pyridine rings is 2. The van der Waals surface area contributed by atoms with Gasteiger partial charge in [0.2, 0.25) is 0 Å². The number of nitrogen functional groups attached to an aromatic ring is 1. The molecule has 3 aromatic heterocycles. The van der Waals surface area contributed by atoms with Crippen molar-refractivity contribution >= 4 is 17.5 Å². The molecule has 0 spiro atoms. The molecule has 3 N–H and O–H groups in total. The number of aromatic nitrogens is 5. The van der Waals surface area contributed by atoms with Crippen molar-refractivity contribution < 1.29 is 4.79 Å². The fourth-order valence-corrected chi connectivity index (χ4v) is 4.81. The van der Waals surface area contributed by atoms with Crippen molar-refractivity contribution in [3.63, 3.8) is 0 Å².